The molecule has 0 bridgehead atoms. The monoisotopic (exact) mass is 308 g/mol. The minimum absolute atomic E-state index is 0.0302. The molecule has 2 aliphatic heterocycles. The van der Waals surface area contributed by atoms with Crippen LogP contribution in [-0.4, -0.2) is 34.9 Å². The van der Waals surface area contributed by atoms with E-state index >= 15 is 0 Å². The Morgan fingerprint density at radius 1 is 1.48 bits per heavy atom. The zero-order valence-corrected chi connectivity index (χ0v) is 13.6. The van der Waals surface area contributed by atoms with Crippen molar-refractivity contribution in [1.29, 1.82) is 0 Å². The van der Waals surface area contributed by atoms with Gasteiger partial charge in [0, 0.05) is 24.2 Å². The number of thioether (sulfide) groups is 1. The molecule has 1 spiro atoms. The van der Waals surface area contributed by atoms with Crippen molar-refractivity contribution in [3.05, 3.63) is 29.3 Å². The van der Waals surface area contributed by atoms with Crippen molar-refractivity contribution in [2.24, 2.45) is 0 Å². The molecular weight excluding hydrogens is 284 g/mol. The fourth-order valence-corrected chi connectivity index (χ4v) is 4.59. The molecule has 0 aliphatic carbocycles. The summed E-state index contributed by atoms with van der Waals surface area (Å²) < 4.78 is 12.3. The molecule has 2 saturated heterocycles. The van der Waals surface area contributed by atoms with Gasteiger partial charge in [-0.1, -0.05) is 12.1 Å². The molecule has 1 aromatic rings. The van der Waals surface area contributed by atoms with Crippen LogP contribution in [0.3, 0.4) is 0 Å². The summed E-state index contributed by atoms with van der Waals surface area (Å²) in [5.41, 5.74) is 2.07. The zero-order chi connectivity index (χ0) is 14.9. The van der Waals surface area contributed by atoms with Gasteiger partial charge in [0.1, 0.15) is 11.9 Å². The van der Waals surface area contributed by atoms with Crippen LogP contribution in [0.15, 0.2) is 18.2 Å². The summed E-state index contributed by atoms with van der Waals surface area (Å²) in [7, 11) is 0. The summed E-state index contributed by atoms with van der Waals surface area (Å²) in [6.45, 7) is 4.62. The Balaban J connectivity index is 1.75. The smallest absolute Gasteiger partial charge is 0.125 e. The van der Waals surface area contributed by atoms with E-state index in [1.54, 1.807) is 6.92 Å². The number of hydrogen-bond acceptors (Lipinski definition) is 4. The van der Waals surface area contributed by atoms with Crippen LogP contribution >= 0.6 is 11.8 Å². The Kier molecular flexibility index (Phi) is 4.48. The first-order valence-corrected chi connectivity index (χ1v) is 8.90. The molecule has 0 saturated carbocycles. The van der Waals surface area contributed by atoms with E-state index in [1.807, 2.05) is 30.0 Å². The number of aryl methyl sites for hydroxylation is 1. The van der Waals surface area contributed by atoms with E-state index < -0.39 is 6.10 Å². The number of rotatable bonds is 3. The second-order valence-electron chi connectivity index (χ2n) is 6.28. The fourth-order valence-electron chi connectivity index (χ4n) is 3.22. The summed E-state index contributed by atoms with van der Waals surface area (Å²) in [5.74, 6) is 3.11. The first-order chi connectivity index (χ1) is 10.1. The van der Waals surface area contributed by atoms with E-state index in [-0.39, 0.29) is 11.7 Å². The summed E-state index contributed by atoms with van der Waals surface area (Å²) in [5, 5.41) is 9.92. The Hall–Kier alpha value is -0.710. The van der Waals surface area contributed by atoms with Crippen LogP contribution in [0.5, 0.6) is 5.75 Å². The van der Waals surface area contributed by atoms with E-state index in [0.29, 0.717) is 0 Å². The zero-order valence-electron chi connectivity index (χ0n) is 12.8. The van der Waals surface area contributed by atoms with E-state index in [4.69, 9.17) is 9.47 Å². The molecule has 3 rings (SSSR count). The minimum Gasteiger partial charge on any atom is -0.490 e. The average molecular weight is 308 g/mol. The van der Waals surface area contributed by atoms with Crippen LogP contribution < -0.4 is 4.74 Å². The van der Waals surface area contributed by atoms with E-state index in [9.17, 15) is 5.11 Å². The lowest BCUT2D eigenvalue weighted by Gasteiger charge is -2.38. The minimum atomic E-state index is -0.503. The van der Waals surface area contributed by atoms with Gasteiger partial charge in [0.25, 0.3) is 0 Å². The van der Waals surface area contributed by atoms with Gasteiger partial charge in [0.05, 0.1) is 18.3 Å². The second-order valence-corrected chi connectivity index (χ2v) is 7.39. The third-order valence-corrected chi connectivity index (χ3v) is 5.65. The quantitative estimate of drug-likeness (QED) is 0.928. The van der Waals surface area contributed by atoms with E-state index in [0.717, 1.165) is 48.5 Å². The molecule has 2 aliphatic rings. The molecule has 0 aromatic heterocycles. The highest BCUT2D eigenvalue weighted by molar-refractivity contribution is 7.99. The lowest BCUT2D eigenvalue weighted by atomic mass is 9.91. The van der Waals surface area contributed by atoms with Crippen LogP contribution in [-0.2, 0) is 4.74 Å². The Morgan fingerprint density at radius 2 is 2.33 bits per heavy atom. The molecule has 0 amide bonds. The highest BCUT2D eigenvalue weighted by Gasteiger charge is 2.41. The van der Waals surface area contributed by atoms with Crippen molar-refractivity contribution >= 4 is 11.8 Å². The molecular formula is C17H24O3S. The molecule has 21 heavy (non-hydrogen) atoms. The number of hydrogen-bond donors (Lipinski definition) is 1. The van der Waals surface area contributed by atoms with Gasteiger partial charge in [-0.2, -0.15) is 11.8 Å². The van der Waals surface area contributed by atoms with Crippen LogP contribution in [0, 0.1) is 6.92 Å². The first kappa shape index (κ1) is 15.2. The van der Waals surface area contributed by atoms with Gasteiger partial charge in [-0.05, 0) is 37.7 Å². The van der Waals surface area contributed by atoms with Crippen molar-refractivity contribution in [2.45, 2.75) is 50.9 Å². The molecule has 4 heteroatoms. The van der Waals surface area contributed by atoms with Crippen molar-refractivity contribution in [2.75, 3.05) is 18.1 Å². The number of aliphatic hydroxyl groups is 1. The topological polar surface area (TPSA) is 38.7 Å². The third kappa shape index (κ3) is 3.38. The summed E-state index contributed by atoms with van der Waals surface area (Å²) in [6.07, 6.45) is 2.72. The summed E-state index contributed by atoms with van der Waals surface area (Å²) in [6, 6.07) is 6.03. The van der Waals surface area contributed by atoms with Gasteiger partial charge < -0.3 is 14.6 Å². The Morgan fingerprint density at radius 3 is 3.05 bits per heavy atom. The molecule has 1 aromatic carbocycles. The summed E-state index contributed by atoms with van der Waals surface area (Å²) >= 11 is 1.98. The Labute approximate surface area is 131 Å². The largest absolute Gasteiger partial charge is 0.490 e. The maximum atomic E-state index is 9.92. The van der Waals surface area contributed by atoms with Crippen molar-refractivity contribution in [1.82, 2.24) is 0 Å². The molecule has 0 radical (unpaired) electrons. The maximum Gasteiger partial charge on any atom is 0.125 e. The third-order valence-electron chi connectivity index (χ3n) is 4.43. The number of benzene rings is 1. The van der Waals surface area contributed by atoms with E-state index in [1.165, 1.54) is 5.75 Å². The standard InChI is InChI=1S/C17H24O3S/c1-12-3-4-15(13(2)18)16(9-12)20-14-5-7-19-17(10-14)6-8-21-11-17/h3-4,9,13-14,18H,5-8,10-11H2,1-2H3/t13-,14?,17?/m1/s1. The predicted octanol–water partition coefficient (Wildman–Crippen LogP) is 3.48. The number of ether oxygens (including phenoxy) is 2. The van der Waals surface area contributed by atoms with Gasteiger partial charge in [0.2, 0.25) is 0 Å². The normalized spacial score (nSPS) is 30.5. The first-order valence-electron chi connectivity index (χ1n) is 7.75. The molecule has 2 heterocycles. The van der Waals surface area contributed by atoms with Crippen LogP contribution in [0.2, 0.25) is 0 Å². The molecule has 3 atom stereocenters. The lowest BCUT2D eigenvalue weighted by molar-refractivity contribution is -0.0961. The van der Waals surface area contributed by atoms with Crippen molar-refractivity contribution in [3.63, 3.8) is 0 Å². The summed E-state index contributed by atoms with van der Waals surface area (Å²) in [4.78, 5) is 0. The highest BCUT2D eigenvalue weighted by atomic mass is 32.2. The van der Waals surface area contributed by atoms with Gasteiger partial charge in [-0.3, -0.25) is 0 Å². The fraction of sp³-hybridized carbons (Fsp3) is 0.647. The maximum absolute atomic E-state index is 9.92. The average Bonchev–Trinajstić information content (AvgIpc) is 2.86. The molecule has 116 valence electrons. The molecule has 1 N–H and O–H groups in total. The van der Waals surface area contributed by atoms with Crippen molar-refractivity contribution < 1.29 is 14.6 Å². The SMILES string of the molecule is Cc1ccc([C@@H](C)O)c(OC2CCOC3(CCSC3)C2)c1. The number of aliphatic hydroxyl groups excluding tert-OH is 1. The van der Waals surface area contributed by atoms with Gasteiger partial charge in [0.15, 0.2) is 0 Å². The Bertz CT molecular complexity index is 495. The van der Waals surface area contributed by atoms with Crippen LogP contribution in [0.25, 0.3) is 0 Å². The van der Waals surface area contributed by atoms with E-state index in [2.05, 4.69) is 6.92 Å². The molecule has 2 unspecified atom stereocenters. The van der Waals surface area contributed by atoms with Crippen molar-refractivity contribution in [3.8, 4) is 5.75 Å². The highest BCUT2D eigenvalue weighted by Crippen LogP contribution is 2.40. The molecule has 3 nitrogen and oxygen atoms in total. The van der Waals surface area contributed by atoms with Gasteiger partial charge in [-0.25, -0.2) is 0 Å². The lowest BCUT2D eigenvalue weighted by Crippen LogP contribution is -2.43. The van der Waals surface area contributed by atoms with Gasteiger partial charge >= 0.3 is 0 Å². The van der Waals surface area contributed by atoms with Gasteiger partial charge in [-0.15, -0.1) is 0 Å². The van der Waals surface area contributed by atoms with Crippen LogP contribution in [0.4, 0.5) is 0 Å². The molecule has 2 fully saturated rings. The second kappa shape index (κ2) is 6.19. The van der Waals surface area contributed by atoms with Crippen LogP contribution in [0.1, 0.15) is 43.4 Å². The predicted molar refractivity (Wildman–Crippen MR) is 86.1 cm³/mol.